The fraction of sp³-hybridized carbons (Fsp3) is 0.308. The van der Waals surface area contributed by atoms with E-state index in [-0.39, 0.29) is 21.5 Å². The first-order chi connectivity index (χ1) is 8.08. The summed E-state index contributed by atoms with van der Waals surface area (Å²) in [5.41, 5.74) is 1.06. The van der Waals surface area contributed by atoms with E-state index in [1.54, 1.807) is 6.07 Å². The standard InChI is InChI=1S/C13H10ClF2N/c1-6-4-9(15)13-11(12(6)16)8(14)5-10(17-13)7-2-3-7/h4-5,7H,2-3H2,1H3. The molecule has 4 heteroatoms. The molecule has 1 aromatic heterocycles. The highest BCUT2D eigenvalue weighted by molar-refractivity contribution is 6.35. The molecule has 17 heavy (non-hydrogen) atoms. The molecule has 0 aliphatic heterocycles. The van der Waals surface area contributed by atoms with Gasteiger partial charge in [0.15, 0.2) is 0 Å². The fourth-order valence-corrected chi connectivity index (χ4v) is 2.31. The molecule has 0 radical (unpaired) electrons. The molecule has 0 saturated heterocycles. The highest BCUT2D eigenvalue weighted by atomic mass is 35.5. The zero-order valence-electron chi connectivity index (χ0n) is 9.23. The van der Waals surface area contributed by atoms with Gasteiger partial charge >= 0.3 is 0 Å². The molecule has 3 rings (SSSR count). The molecule has 0 bridgehead atoms. The Morgan fingerprint density at radius 1 is 1.29 bits per heavy atom. The van der Waals surface area contributed by atoms with Gasteiger partial charge in [-0.1, -0.05) is 11.6 Å². The average molecular weight is 254 g/mol. The lowest BCUT2D eigenvalue weighted by Crippen LogP contribution is -1.96. The van der Waals surface area contributed by atoms with Crippen LogP contribution in [-0.2, 0) is 0 Å². The SMILES string of the molecule is Cc1cc(F)c2nc(C3CC3)cc(Cl)c2c1F. The van der Waals surface area contributed by atoms with Crippen LogP contribution >= 0.6 is 11.6 Å². The third-order valence-electron chi connectivity index (χ3n) is 3.12. The van der Waals surface area contributed by atoms with Crippen LogP contribution < -0.4 is 0 Å². The Bertz CT molecular complexity index is 621. The Morgan fingerprint density at radius 2 is 2.00 bits per heavy atom. The Labute approximate surface area is 102 Å². The van der Waals surface area contributed by atoms with Crippen LogP contribution in [0.3, 0.4) is 0 Å². The summed E-state index contributed by atoms with van der Waals surface area (Å²) in [6, 6.07) is 2.82. The minimum Gasteiger partial charge on any atom is -0.249 e. The van der Waals surface area contributed by atoms with Crippen LogP contribution in [0.15, 0.2) is 12.1 Å². The van der Waals surface area contributed by atoms with Gasteiger partial charge in [0.05, 0.1) is 10.4 Å². The first-order valence-corrected chi connectivity index (χ1v) is 5.90. The van der Waals surface area contributed by atoms with E-state index < -0.39 is 11.6 Å². The van der Waals surface area contributed by atoms with Crippen LogP contribution in [0.1, 0.15) is 30.0 Å². The second-order valence-corrected chi connectivity index (χ2v) is 4.92. The van der Waals surface area contributed by atoms with Crippen LogP contribution in [0.2, 0.25) is 5.02 Å². The smallest absolute Gasteiger partial charge is 0.149 e. The molecule has 1 fully saturated rings. The normalized spacial score (nSPS) is 15.5. The van der Waals surface area contributed by atoms with E-state index in [0.717, 1.165) is 24.6 Å². The van der Waals surface area contributed by atoms with Crippen LogP contribution in [0.5, 0.6) is 0 Å². The highest BCUT2D eigenvalue weighted by Gasteiger charge is 2.27. The number of hydrogen-bond donors (Lipinski definition) is 0. The maximum Gasteiger partial charge on any atom is 0.149 e. The van der Waals surface area contributed by atoms with Crippen LogP contribution in [0, 0.1) is 18.6 Å². The second-order valence-electron chi connectivity index (χ2n) is 4.52. The third kappa shape index (κ3) is 1.69. The summed E-state index contributed by atoms with van der Waals surface area (Å²) in [5.74, 6) is -0.634. The summed E-state index contributed by atoms with van der Waals surface area (Å²) in [6.07, 6.45) is 2.09. The molecule has 1 nitrogen and oxygen atoms in total. The van der Waals surface area contributed by atoms with Crippen LogP contribution in [0.4, 0.5) is 8.78 Å². The zero-order valence-corrected chi connectivity index (χ0v) is 9.98. The monoisotopic (exact) mass is 253 g/mol. The summed E-state index contributed by atoms with van der Waals surface area (Å²) in [6.45, 7) is 1.52. The summed E-state index contributed by atoms with van der Waals surface area (Å²) in [4.78, 5) is 4.20. The minimum atomic E-state index is -0.511. The van der Waals surface area contributed by atoms with Crippen molar-refractivity contribution >= 4 is 22.5 Å². The van der Waals surface area contributed by atoms with E-state index in [9.17, 15) is 8.78 Å². The molecule has 1 aliphatic carbocycles. The average Bonchev–Trinajstić information content (AvgIpc) is 3.09. The number of fused-ring (bicyclic) bond motifs is 1. The van der Waals surface area contributed by atoms with Crippen molar-refractivity contribution in [1.29, 1.82) is 0 Å². The Kier molecular flexibility index (Phi) is 2.33. The molecule has 0 unspecified atom stereocenters. The number of rotatable bonds is 1. The maximum absolute atomic E-state index is 13.9. The lowest BCUT2D eigenvalue weighted by Gasteiger charge is -2.08. The Hall–Kier alpha value is -1.22. The third-order valence-corrected chi connectivity index (χ3v) is 3.42. The summed E-state index contributed by atoms with van der Waals surface area (Å²) >= 11 is 6.04. The number of hydrogen-bond acceptors (Lipinski definition) is 1. The number of benzene rings is 1. The van der Waals surface area contributed by atoms with E-state index in [2.05, 4.69) is 4.98 Å². The van der Waals surface area contributed by atoms with Gasteiger partial charge in [-0.3, -0.25) is 0 Å². The van der Waals surface area contributed by atoms with Crippen molar-refractivity contribution in [2.45, 2.75) is 25.7 Å². The quantitative estimate of drug-likeness (QED) is 0.736. The van der Waals surface area contributed by atoms with E-state index >= 15 is 0 Å². The molecule has 0 spiro atoms. The van der Waals surface area contributed by atoms with Gasteiger partial charge in [0.2, 0.25) is 0 Å². The van der Waals surface area contributed by atoms with Gasteiger partial charge in [0.25, 0.3) is 0 Å². The fourth-order valence-electron chi connectivity index (χ4n) is 2.02. The van der Waals surface area contributed by atoms with Gasteiger partial charge in [-0.25, -0.2) is 13.8 Å². The molecular weight excluding hydrogens is 244 g/mol. The van der Waals surface area contributed by atoms with Crippen LogP contribution in [-0.4, -0.2) is 4.98 Å². The largest absolute Gasteiger partial charge is 0.249 e. The molecule has 2 aromatic rings. The Balaban J connectivity index is 2.38. The number of halogens is 3. The molecule has 1 aliphatic rings. The van der Waals surface area contributed by atoms with E-state index in [1.807, 2.05) is 0 Å². The van der Waals surface area contributed by atoms with Crippen LogP contribution in [0.25, 0.3) is 10.9 Å². The molecule has 1 aromatic carbocycles. The van der Waals surface area contributed by atoms with E-state index in [0.29, 0.717) is 5.92 Å². The molecular formula is C13H10ClF2N. The van der Waals surface area contributed by atoms with Crippen molar-refractivity contribution < 1.29 is 8.78 Å². The summed E-state index contributed by atoms with van der Waals surface area (Å²) in [7, 11) is 0. The second kappa shape index (κ2) is 3.64. The zero-order chi connectivity index (χ0) is 12.2. The lowest BCUT2D eigenvalue weighted by atomic mass is 10.1. The number of pyridine rings is 1. The van der Waals surface area contributed by atoms with Gasteiger partial charge in [0, 0.05) is 11.6 Å². The number of aryl methyl sites for hydroxylation is 1. The van der Waals surface area contributed by atoms with E-state index in [1.165, 1.54) is 6.92 Å². The predicted molar refractivity (Wildman–Crippen MR) is 63.4 cm³/mol. The van der Waals surface area contributed by atoms with Crippen molar-refractivity contribution in [1.82, 2.24) is 4.98 Å². The lowest BCUT2D eigenvalue weighted by molar-refractivity contribution is 0.607. The van der Waals surface area contributed by atoms with Gasteiger partial charge in [-0.05, 0) is 37.5 Å². The first kappa shape index (κ1) is 10.9. The predicted octanol–water partition coefficient (Wildman–Crippen LogP) is 4.35. The summed E-state index contributed by atoms with van der Waals surface area (Å²) < 4.78 is 27.7. The van der Waals surface area contributed by atoms with Crippen molar-refractivity contribution in [3.8, 4) is 0 Å². The van der Waals surface area contributed by atoms with Crippen molar-refractivity contribution in [3.05, 3.63) is 40.0 Å². The van der Waals surface area contributed by atoms with E-state index in [4.69, 9.17) is 11.6 Å². The first-order valence-electron chi connectivity index (χ1n) is 5.52. The highest BCUT2D eigenvalue weighted by Crippen LogP contribution is 2.41. The van der Waals surface area contributed by atoms with Gasteiger partial charge < -0.3 is 0 Å². The van der Waals surface area contributed by atoms with Gasteiger partial charge in [0.1, 0.15) is 17.2 Å². The molecule has 1 heterocycles. The Morgan fingerprint density at radius 3 is 2.65 bits per heavy atom. The minimum absolute atomic E-state index is 0.0440. The van der Waals surface area contributed by atoms with Crippen molar-refractivity contribution in [3.63, 3.8) is 0 Å². The van der Waals surface area contributed by atoms with Crippen molar-refractivity contribution in [2.75, 3.05) is 0 Å². The maximum atomic E-state index is 13.9. The molecule has 1 saturated carbocycles. The molecule has 0 amide bonds. The molecule has 0 atom stereocenters. The molecule has 88 valence electrons. The van der Waals surface area contributed by atoms with Gasteiger partial charge in [-0.15, -0.1) is 0 Å². The number of nitrogens with zero attached hydrogens (tertiary/aromatic N) is 1. The number of aromatic nitrogens is 1. The van der Waals surface area contributed by atoms with Crippen molar-refractivity contribution in [2.24, 2.45) is 0 Å². The van der Waals surface area contributed by atoms with Gasteiger partial charge in [-0.2, -0.15) is 0 Å². The molecule has 0 N–H and O–H groups in total. The summed E-state index contributed by atoms with van der Waals surface area (Å²) in [5, 5.41) is 0.338. The topological polar surface area (TPSA) is 12.9 Å².